The van der Waals surface area contributed by atoms with Gasteiger partial charge in [0.05, 0.1) is 6.04 Å². The fourth-order valence-corrected chi connectivity index (χ4v) is 4.06. The summed E-state index contributed by atoms with van der Waals surface area (Å²) in [6.45, 7) is 5.66. The first kappa shape index (κ1) is 13.1. The maximum atomic E-state index is 3.52. The highest BCUT2D eigenvalue weighted by molar-refractivity contribution is 5.78. The Morgan fingerprint density at radius 1 is 1.00 bits per heavy atom. The van der Waals surface area contributed by atoms with Crippen LogP contribution in [0.5, 0.6) is 0 Å². The predicted octanol–water partition coefficient (Wildman–Crippen LogP) is 3.44. The van der Waals surface area contributed by atoms with Crippen LogP contribution in [0.15, 0.2) is 48.5 Å². The molecule has 21 heavy (non-hydrogen) atoms. The van der Waals surface area contributed by atoms with E-state index in [0.717, 1.165) is 19.6 Å². The summed E-state index contributed by atoms with van der Waals surface area (Å²) in [5.74, 6) is 0. The van der Waals surface area contributed by atoms with Gasteiger partial charge in [0.25, 0.3) is 0 Å². The Labute approximate surface area is 126 Å². The van der Waals surface area contributed by atoms with E-state index >= 15 is 0 Å². The van der Waals surface area contributed by atoms with Gasteiger partial charge in [0.1, 0.15) is 0 Å². The molecule has 1 saturated heterocycles. The summed E-state index contributed by atoms with van der Waals surface area (Å²) in [4.78, 5) is 2.69. The van der Waals surface area contributed by atoms with E-state index in [1.54, 1.807) is 0 Å². The minimum Gasteiger partial charge on any atom is -0.315 e. The minimum absolute atomic E-state index is 0.423. The Morgan fingerprint density at radius 3 is 2.14 bits per heavy atom. The van der Waals surface area contributed by atoms with E-state index in [0.29, 0.717) is 12.1 Å². The average molecular weight is 278 g/mol. The monoisotopic (exact) mass is 278 g/mol. The zero-order valence-electron chi connectivity index (χ0n) is 12.5. The fourth-order valence-electron chi connectivity index (χ4n) is 4.06. The molecular weight excluding hydrogens is 256 g/mol. The van der Waals surface area contributed by atoms with Crippen LogP contribution in [0.4, 0.5) is 0 Å². The van der Waals surface area contributed by atoms with Gasteiger partial charge in [-0.1, -0.05) is 55.5 Å². The molecule has 1 aliphatic heterocycles. The number of hydrogen-bond acceptors (Lipinski definition) is 2. The molecule has 1 aliphatic carbocycles. The summed E-state index contributed by atoms with van der Waals surface area (Å²) in [5, 5.41) is 3.52. The molecule has 2 heteroatoms. The van der Waals surface area contributed by atoms with E-state index in [1.807, 2.05) is 0 Å². The Balaban J connectivity index is 1.83. The number of fused-ring (bicyclic) bond motifs is 3. The van der Waals surface area contributed by atoms with Crippen molar-refractivity contribution >= 4 is 0 Å². The second-order valence-corrected chi connectivity index (χ2v) is 6.05. The first-order chi connectivity index (χ1) is 10.4. The van der Waals surface area contributed by atoms with Gasteiger partial charge in [0.15, 0.2) is 0 Å². The van der Waals surface area contributed by atoms with E-state index in [-0.39, 0.29) is 0 Å². The lowest BCUT2D eigenvalue weighted by Gasteiger charge is -2.34. The summed E-state index contributed by atoms with van der Waals surface area (Å²) in [5.41, 5.74) is 5.80. The van der Waals surface area contributed by atoms with Crippen molar-refractivity contribution in [1.29, 1.82) is 0 Å². The number of nitrogens with one attached hydrogen (secondary N) is 1. The molecule has 4 rings (SSSR count). The maximum absolute atomic E-state index is 3.52. The molecule has 1 heterocycles. The molecule has 0 spiro atoms. The molecule has 0 amide bonds. The highest BCUT2D eigenvalue weighted by Crippen LogP contribution is 2.46. The molecule has 2 aromatic carbocycles. The molecular formula is C19H22N2. The average Bonchev–Trinajstić information content (AvgIpc) is 3.16. The third kappa shape index (κ3) is 2.02. The van der Waals surface area contributed by atoms with Crippen molar-refractivity contribution in [3.05, 3.63) is 59.7 Å². The number of rotatable bonds is 3. The van der Waals surface area contributed by atoms with Gasteiger partial charge in [0.2, 0.25) is 0 Å². The van der Waals surface area contributed by atoms with Crippen molar-refractivity contribution in [1.82, 2.24) is 10.2 Å². The zero-order chi connectivity index (χ0) is 14.2. The molecule has 1 N–H and O–H groups in total. The molecule has 0 saturated carbocycles. The van der Waals surface area contributed by atoms with Crippen molar-refractivity contribution in [2.45, 2.75) is 25.4 Å². The number of benzene rings is 2. The lowest BCUT2D eigenvalue weighted by molar-refractivity contribution is 0.178. The first-order valence-corrected chi connectivity index (χ1v) is 8.05. The van der Waals surface area contributed by atoms with Crippen LogP contribution in [0, 0.1) is 0 Å². The summed E-state index contributed by atoms with van der Waals surface area (Å²) < 4.78 is 0. The molecule has 0 aromatic heterocycles. The number of nitrogens with zero attached hydrogens (tertiary/aromatic N) is 1. The zero-order valence-corrected chi connectivity index (χ0v) is 12.5. The standard InChI is InChI=1S/C19H22N2/c1-2-21(14-11-12-20-13-14)19-17-9-5-3-7-15(17)16-8-4-6-10-18(16)19/h3-10,14,19-20H,2,11-13H2,1H3. The molecule has 0 radical (unpaired) electrons. The van der Waals surface area contributed by atoms with Gasteiger partial charge in [-0.05, 0) is 41.8 Å². The highest BCUT2D eigenvalue weighted by atomic mass is 15.2. The van der Waals surface area contributed by atoms with E-state index in [9.17, 15) is 0 Å². The molecule has 2 aromatic rings. The van der Waals surface area contributed by atoms with Crippen LogP contribution in [0.3, 0.4) is 0 Å². The third-order valence-corrected chi connectivity index (χ3v) is 5.00. The van der Waals surface area contributed by atoms with Crippen LogP contribution >= 0.6 is 0 Å². The van der Waals surface area contributed by atoms with Gasteiger partial charge >= 0.3 is 0 Å². The Bertz CT molecular complexity index is 598. The summed E-state index contributed by atoms with van der Waals surface area (Å²) in [6.07, 6.45) is 1.26. The summed E-state index contributed by atoms with van der Waals surface area (Å²) >= 11 is 0. The lowest BCUT2D eigenvalue weighted by atomic mass is 10.0. The van der Waals surface area contributed by atoms with Crippen molar-refractivity contribution in [3.8, 4) is 11.1 Å². The van der Waals surface area contributed by atoms with E-state index in [2.05, 4.69) is 65.7 Å². The van der Waals surface area contributed by atoms with Crippen LogP contribution in [0.2, 0.25) is 0 Å². The lowest BCUT2D eigenvalue weighted by Crippen LogP contribution is -2.39. The third-order valence-electron chi connectivity index (χ3n) is 5.00. The van der Waals surface area contributed by atoms with Gasteiger partial charge in [-0.3, -0.25) is 4.90 Å². The summed E-state index contributed by atoms with van der Waals surface area (Å²) in [6, 6.07) is 18.9. The van der Waals surface area contributed by atoms with Gasteiger partial charge in [-0.25, -0.2) is 0 Å². The molecule has 1 unspecified atom stereocenters. The fraction of sp³-hybridized carbons (Fsp3) is 0.368. The van der Waals surface area contributed by atoms with Crippen LogP contribution in [0.1, 0.15) is 30.5 Å². The first-order valence-electron chi connectivity index (χ1n) is 8.05. The topological polar surface area (TPSA) is 15.3 Å². The van der Waals surface area contributed by atoms with Gasteiger partial charge < -0.3 is 5.32 Å². The largest absolute Gasteiger partial charge is 0.315 e. The van der Waals surface area contributed by atoms with E-state index in [4.69, 9.17) is 0 Å². The molecule has 1 atom stereocenters. The molecule has 2 aliphatic rings. The Hall–Kier alpha value is -1.64. The smallest absolute Gasteiger partial charge is 0.0616 e. The second kappa shape index (κ2) is 5.28. The SMILES string of the molecule is CCN(C1CCNC1)C1c2ccccc2-c2ccccc21. The molecule has 2 nitrogen and oxygen atoms in total. The molecule has 108 valence electrons. The van der Waals surface area contributed by atoms with Crippen LogP contribution < -0.4 is 5.32 Å². The van der Waals surface area contributed by atoms with Gasteiger partial charge in [-0.2, -0.15) is 0 Å². The number of likely N-dealkylation sites (N-methyl/N-ethyl adjacent to an activating group) is 1. The van der Waals surface area contributed by atoms with Crippen LogP contribution in [0.25, 0.3) is 11.1 Å². The molecule has 1 fully saturated rings. The Morgan fingerprint density at radius 2 is 1.62 bits per heavy atom. The predicted molar refractivity (Wildman–Crippen MR) is 87.4 cm³/mol. The van der Waals surface area contributed by atoms with Crippen LogP contribution in [-0.2, 0) is 0 Å². The van der Waals surface area contributed by atoms with Crippen molar-refractivity contribution in [3.63, 3.8) is 0 Å². The van der Waals surface area contributed by atoms with Gasteiger partial charge in [0, 0.05) is 12.6 Å². The van der Waals surface area contributed by atoms with E-state index < -0.39 is 0 Å². The normalized spacial score (nSPS) is 20.8. The maximum Gasteiger partial charge on any atom is 0.0616 e. The summed E-state index contributed by atoms with van der Waals surface area (Å²) in [7, 11) is 0. The van der Waals surface area contributed by atoms with Crippen molar-refractivity contribution in [2.75, 3.05) is 19.6 Å². The highest BCUT2D eigenvalue weighted by Gasteiger charge is 2.35. The van der Waals surface area contributed by atoms with Gasteiger partial charge in [-0.15, -0.1) is 0 Å². The number of hydrogen-bond donors (Lipinski definition) is 1. The van der Waals surface area contributed by atoms with Crippen molar-refractivity contribution < 1.29 is 0 Å². The Kier molecular flexibility index (Phi) is 3.28. The molecule has 0 bridgehead atoms. The minimum atomic E-state index is 0.423. The van der Waals surface area contributed by atoms with Crippen LogP contribution in [-0.4, -0.2) is 30.6 Å². The van der Waals surface area contributed by atoms with E-state index in [1.165, 1.54) is 28.7 Å². The van der Waals surface area contributed by atoms with Crippen molar-refractivity contribution in [2.24, 2.45) is 0 Å². The second-order valence-electron chi connectivity index (χ2n) is 6.05. The quantitative estimate of drug-likeness (QED) is 0.925.